The third-order valence-corrected chi connectivity index (χ3v) is 2.80. The Morgan fingerprint density at radius 1 is 1.41 bits per heavy atom. The molecule has 0 bridgehead atoms. The topological polar surface area (TPSA) is 47.7 Å². The lowest BCUT2D eigenvalue weighted by Crippen LogP contribution is -2.35. The first-order chi connectivity index (χ1) is 8.31. The van der Waals surface area contributed by atoms with E-state index in [4.69, 9.17) is 15.2 Å². The molecular weight excluding hydrogens is 216 g/mol. The van der Waals surface area contributed by atoms with Gasteiger partial charge in [0.25, 0.3) is 0 Å². The van der Waals surface area contributed by atoms with Gasteiger partial charge in [0, 0.05) is 24.9 Å². The second-order valence-electron chi connectivity index (χ2n) is 4.18. The number of anilines is 2. The van der Waals surface area contributed by atoms with Crippen LogP contribution >= 0.6 is 0 Å². The zero-order valence-electron chi connectivity index (χ0n) is 10.3. The summed E-state index contributed by atoms with van der Waals surface area (Å²) >= 11 is 0. The smallest absolute Gasteiger partial charge is 0.144 e. The van der Waals surface area contributed by atoms with E-state index in [0.717, 1.165) is 49.8 Å². The van der Waals surface area contributed by atoms with Crippen LogP contribution in [0.3, 0.4) is 0 Å². The van der Waals surface area contributed by atoms with E-state index in [1.54, 1.807) is 0 Å². The fraction of sp³-hybridized carbons (Fsp3) is 0.538. The summed E-state index contributed by atoms with van der Waals surface area (Å²) in [6.07, 6.45) is 1.07. The number of rotatable bonds is 5. The van der Waals surface area contributed by atoms with Crippen LogP contribution in [0.4, 0.5) is 11.4 Å². The van der Waals surface area contributed by atoms with Crippen molar-refractivity contribution in [1.82, 2.24) is 0 Å². The van der Waals surface area contributed by atoms with Crippen molar-refractivity contribution in [2.24, 2.45) is 0 Å². The molecule has 1 aromatic rings. The van der Waals surface area contributed by atoms with Crippen molar-refractivity contribution in [3.05, 3.63) is 18.2 Å². The molecule has 0 radical (unpaired) electrons. The molecule has 0 saturated carbocycles. The Balaban J connectivity index is 1.97. The summed E-state index contributed by atoms with van der Waals surface area (Å²) in [6.45, 7) is 6.24. The van der Waals surface area contributed by atoms with Crippen molar-refractivity contribution in [1.29, 1.82) is 0 Å². The van der Waals surface area contributed by atoms with Gasteiger partial charge in [-0.15, -0.1) is 0 Å². The van der Waals surface area contributed by atoms with E-state index >= 15 is 0 Å². The second kappa shape index (κ2) is 5.77. The second-order valence-corrected chi connectivity index (χ2v) is 4.18. The molecule has 0 saturated heterocycles. The Morgan fingerprint density at radius 2 is 2.29 bits per heavy atom. The monoisotopic (exact) mass is 236 g/mol. The highest BCUT2D eigenvalue weighted by Crippen LogP contribution is 2.32. The molecule has 1 aliphatic rings. The molecule has 0 amide bonds. The number of hydrogen-bond donors (Lipinski definition) is 1. The fourth-order valence-corrected chi connectivity index (χ4v) is 1.95. The Bertz CT molecular complexity index is 368. The summed E-state index contributed by atoms with van der Waals surface area (Å²) in [7, 11) is 0. The Labute approximate surface area is 102 Å². The van der Waals surface area contributed by atoms with Crippen LogP contribution in [0.1, 0.15) is 13.3 Å². The van der Waals surface area contributed by atoms with Gasteiger partial charge >= 0.3 is 0 Å². The van der Waals surface area contributed by atoms with Crippen molar-refractivity contribution < 1.29 is 9.47 Å². The first-order valence-corrected chi connectivity index (χ1v) is 6.16. The minimum atomic E-state index is 0.713. The summed E-state index contributed by atoms with van der Waals surface area (Å²) in [5.74, 6) is 0.881. The van der Waals surface area contributed by atoms with Crippen molar-refractivity contribution in [3.8, 4) is 5.75 Å². The van der Waals surface area contributed by atoms with Crippen LogP contribution in [0.5, 0.6) is 5.75 Å². The fourth-order valence-electron chi connectivity index (χ4n) is 1.95. The molecule has 2 N–H and O–H groups in total. The van der Waals surface area contributed by atoms with Gasteiger partial charge in [-0.3, -0.25) is 0 Å². The molecule has 0 aromatic heterocycles. The minimum absolute atomic E-state index is 0.713. The molecular formula is C13H20N2O2. The molecule has 17 heavy (non-hydrogen) atoms. The molecule has 0 spiro atoms. The summed E-state index contributed by atoms with van der Waals surface area (Å²) in [4.78, 5) is 2.29. The highest BCUT2D eigenvalue weighted by Gasteiger charge is 2.17. The summed E-state index contributed by atoms with van der Waals surface area (Å²) in [6, 6.07) is 5.81. The minimum Gasteiger partial charge on any atom is -0.489 e. The summed E-state index contributed by atoms with van der Waals surface area (Å²) in [5, 5.41) is 0. The molecule has 0 aliphatic carbocycles. The molecule has 4 nitrogen and oxygen atoms in total. The van der Waals surface area contributed by atoms with E-state index in [2.05, 4.69) is 11.8 Å². The molecule has 4 heteroatoms. The van der Waals surface area contributed by atoms with Crippen LogP contribution in [0.15, 0.2) is 18.2 Å². The number of fused-ring (bicyclic) bond motifs is 1. The first-order valence-electron chi connectivity index (χ1n) is 6.16. The quantitative estimate of drug-likeness (QED) is 0.626. The molecule has 2 rings (SSSR count). The molecule has 0 unspecified atom stereocenters. The van der Waals surface area contributed by atoms with Crippen LogP contribution in [0.2, 0.25) is 0 Å². The number of hydrogen-bond acceptors (Lipinski definition) is 4. The van der Waals surface area contributed by atoms with Gasteiger partial charge in [-0.05, 0) is 18.6 Å². The van der Waals surface area contributed by atoms with Gasteiger partial charge in [-0.1, -0.05) is 6.92 Å². The highest BCUT2D eigenvalue weighted by molar-refractivity contribution is 5.65. The average molecular weight is 236 g/mol. The van der Waals surface area contributed by atoms with Crippen molar-refractivity contribution in [3.63, 3.8) is 0 Å². The number of ether oxygens (including phenoxy) is 2. The lowest BCUT2D eigenvalue weighted by Gasteiger charge is -2.31. The summed E-state index contributed by atoms with van der Waals surface area (Å²) in [5.41, 5.74) is 7.60. The van der Waals surface area contributed by atoms with E-state index in [-0.39, 0.29) is 0 Å². The highest BCUT2D eigenvalue weighted by atomic mass is 16.5. The van der Waals surface area contributed by atoms with Gasteiger partial charge in [0.2, 0.25) is 0 Å². The lowest BCUT2D eigenvalue weighted by molar-refractivity contribution is 0.139. The first kappa shape index (κ1) is 12.0. The molecule has 1 aliphatic heterocycles. The van der Waals surface area contributed by atoms with Gasteiger partial charge in [0.15, 0.2) is 0 Å². The predicted molar refractivity (Wildman–Crippen MR) is 69.7 cm³/mol. The molecule has 94 valence electrons. The van der Waals surface area contributed by atoms with Gasteiger partial charge < -0.3 is 20.1 Å². The maximum absolute atomic E-state index is 5.74. The zero-order chi connectivity index (χ0) is 12.1. The number of nitrogen functional groups attached to an aromatic ring is 1. The van der Waals surface area contributed by atoms with Crippen LogP contribution in [0, 0.1) is 0 Å². The third-order valence-electron chi connectivity index (χ3n) is 2.80. The van der Waals surface area contributed by atoms with E-state index in [1.165, 1.54) is 0 Å². The summed E-state index contributed by atoms with van der Waals surface area (Å²) < 4.78 is 11.1. The van der Waals surface area contributed by atoms with Crippen LogP contribution < -0.4 is 15.4 Å². The van der Waals surface area contributed by atoms with E-state index in [9.17, 15) is 0 Å². The molecule has 0 atom stereocenters. The van der Waals surface area contributed by atoms with Gasteiger partial charge in [-0.25, -0.2) is 0 Å². The lowest BCUT2D eigenvalue weighted by atomic mass is 10.2. The maximum Gasteiger partial charge on any atom is 0.144 e. The Hall–Kier alpha value is -1.42. The SMILES string of the molecule is CCCOCCN1CCOc2cc(N)ccc21. The molecule has 1 aromatic carbocycles. The van der Waals surface area contributed by atoms with Crippen molar-refractivity contribution in [2.45, 2.75) is 13.3 Å². The van der Waals surface area contributed by atoms with E-state index < -0.39 is 0 Å². The standard InChI is InChI=1S/C13H20N2O2/c1-2-7-16-8-5-15-6-9-17-13-10-11(14)3-4-12(13)15/h3-4,10H,2,5-9,14H2,1H3. The van der Waals surface area contributed by atoms with Gasteiger partial charge in [-0.2, -0.15) is 0 Å². The van der Waals surface area contributed by atoms with Crippen molar-refractivity contribution >= 4 is 11.4 Å². The molecule has 1 heterocycles. The van der Waals surface area contributed by atoms with Gasteiger partial charge in [0.05, 0.1) is 18.8 Å². The number of nitrogens with zero attached hydrogens (tertiary/aromatic N) is 1. The third kappa shape index (κ3) is 3.03. The maximum atomic E-state index is 5.74. The van der Waals surface area contributed by atoms with Gasteiger partial charge in [0.1, 0.15) is 12.4 Å². The van der Waals surface area contributed by atoms with Crippen LogP contribution in [-0.2, 0) is 4.74 Å². The average Bonchev–Trinajstić information content (AvgIpc) is 2.34. The van der Waals surface area contributed by atoms with Crippen LogP contribution in [0.25, 0.3) is 0 Å². The Kier molecular flexibility index (Phi) is 4.09. The van der Waals surface area contributed by atoms with E-state index in [1.807, 2.05) is 18.2 Å². The largest absolute Gasteiger partial charge is 0.489 e. The van der Waals surface area contributed by atoms with Crippen molar-refractivity contribution in [2.75, 3.05) is 43.5 Å². The van der Waals surface area contributed by atoms with Crippen LogP contribution in [-0.4, -0.2) is 32.9 Å². The predicted octanol–water partition coefficient (Wildman–Crippen LogP) is 1.89. The number of benzene rings is 1. The normalized spacial score (nSPS) is 14.3. The zero-order valence-corrected chi connectivity index (χ0v) is 10.3. The van der Waals surface area contributed by atoms with E-state index in [0.29, 0.717) is 6.61 Å². The number of nitrogens with two attached hydrogens (primary N) is 1. The molecule has 0 fully saturated rings. The Morgan fingerprint density at radius 3 is 3.12 bits per heavy atom.